The van der Waals surface area contributed by atoms with Crippen LogP contribution in [0.4, 0.5) is 5.69 Å². The van der Waals surface area contributed by atoms with Gasteiger partial charge in [-0.3, -0.25) is 10.1 Å². The molecule has 2 aromatic rings. The lowest BCUT2D eigenvalue weighted by molar-refractivity contribution is -0.384. The molecule has 0 unspecified atom stereocenters. The number of rotatable bonds is 3. The summed E-state index contributed by atoms with van der Waals surface area (Å²) in [6.45, 7) is 1.76. The SMILES string of the molecule is Cc1ccc(C#N)c(Oc2cc([N+](=O)[O-])ccc2Br)n1. The number of pyridine rings is 1. The van der Waals surface area contributed by atoms with Gasteiger partial charge in [0.25, 0.3) is 5.69 Å². The minimum Gasteiger partial charge on any atom is -0.436 e. The van der Waals surface area contributed by atoms with Gasteiger partial charge in [-0.05, 0) is 41.1 Å². The number of nitro benzene ring substituents is 1. The van der Waals surface area contributed by atoms with Crippen LogP contribution in [0.5, 0.6) is 11.6 Å². The normalized spacial score (nSPS) is 9.85. The number of benzene rings is 1. The van der Waals surface area contributed by atoms with E-state index in [0.717, 1.165) is 0 Å². The Kier molecular flexibility index (Phi) is 3.96. The number of nitro groups is 1. The molecule has 1 heterocycles. The molecular weight excluding hydrogens is 326 g/mol. The van der Waals surface area contributed by atoms with Crippen molar-refractivity contribution in [1.29, 1.82) is 5.26 Å². The molecule has 0 radical (unpaired) electrons. The Morgan fingerprint density at radius 2 is 2.15 bits per heavy atom. The molecule has 0 aliphatic rings. The van der Waals surface area contributed by atoms with E-state index in [-0.39, 0.29) is 22.9 Å². The second kappa shape index (κ2) is 5.67. The van der Waals surface area contributed by atoms with E-state index in [2.05, 4.69) is 20.9 Å². The fraction of sp³-hybridized carbons (Fsp3) is 0.0769. The quantitative estimate of drug-likeness (QED) is 0.630. The molecule has 0 aliphatic carbocycles. The molecule has 0 atom stereocenters. The maximum atomic E-state index is 10.8. The largest absolute Gasteiger partial charge is 0.436 e. The zero-order chi connectivity index (χ0) is 14.7. The van der Waals surface area contributed by atoms with Gasteiger partial charge in [-0.2, -0.15) is 5.26 Å². The molecular formula is C13H8BrN3O3. The third-order valence-electron chi connectivity index (χ3n) is 2.45. The topological polar surface area (TPSA) is 89.0 Å². The van der Waals surface area contributed by atoms with Gasteiger partial charge in [-0.15, -0.1) is 0 Å². The van der Waals surface area contributed by atoms with Gasteiger partial charge < -0.3 is 4.74 Å². The Bertz CT molecular complexity index is 725. The van der Waals surface area contributed by atoms with Crippen LogP contribution in [0.1, 0.15) is 11.3 Å². The van der Waals surface area contributed by atoms with E-state index in [1.54, 1.807) is 19.1 Å². The molecule has 0 spiro atoms. The Balaban J connectivity index is 2.44. The van der Waals surface area contributed by atoms with Crippen molar-refractivity contribution in [2.24, 2.45) is 0 Å². The van der Waals surface area contributed by atoms with Gasteiger partial charge in [0, 0.05) is 11.8 Å². The van der Waals surface area contributed by atoms with Crippen LogP contribution >= 0.6 is 15.9 Å². The fourth-order valence-electron chi connectivity index (χ4n) is 1.48. The van der Waals surface area contributed by atoms with Crippen molar-refractivity contribution in [3.05, 3.63) is 56.2 Å². The van der Waals surface area contributed by atoms with Crippen LogP contribution in [-0.2, 0) is 0 Å². The lowest BCUT2D eigenvalue weighted by Crippen LogP contribution is -1.95. The first-order chi connectivity index (χ1) is 9.51. The van der Waals surface area contributed by atoms with Crippen molar-refractivity contribution in [3.63, 3.8) is 0 Å². The third-order valence-corrected chi connectivity index (χ3v) is 3.11. The van der Waals surface area contributed by atoms with Crippen molar-refractivity contribution in [3.8, 4) is 17.7 Å². The maximum absolute atomic E-state index is 10.8. The van der Waals surface area contributed by atoms with E-state index in [1.165, 1.54) is 18.2 Å². The summed E-state index contributed by atoms with van der Waals surface area (Å²) in [5, 5.41) is 19.8. The zero-order valence-corrected chi connectivity index (χ0v) is 11.9. The molecule has 0 fully saturated rings. The van der Waals surface area contributed by atoms with Gasteiger partial charge >= 0.3 is 0 Å². The van der Waals surface area contributed by atoms with Crippen LogP contribution in [0, 0.1) is 28.4 Å². The first kappa shape index (κ1) is 14.0. The number of aryl methyl sites for hydroxylation is 1. The molecule has 2 rings (SSSR count). The van der Waals surface area contributed by atoms with E-state index >= 15 is 0 Å². The van der Waals surface area contributed by atoms with Crippen molar-refractivity contribution in [1.82, 2.24) is 4.98 Å². The summed E-state index contributed by atoms with van der Waals surface area (Å²) in [7, 11) is 0. The first-order valence-corrected chi connectivity index (χ1v) is 6.30. The second-order valence-corrected chi connectivity index (χ2v) is 4.75. The van der Waals surface area contributed by atoms with Crippen molar-refractivity contribution < 1.29 is 9.66 Å². The Morgan fingerprint density at radius 1 is 1.40 bits per heavy atom. The highest BCUT2D eigenvalue weighted by atomic mass is 79.9. The highest BCUT2D eigenvalue weighted by Crippen LogP contribution is 2.33. The molecule has 0 amide bonds. The van der Waals surface area contributed by atoms with Gasteiger partial charge in [0.1, 0.15) is 11.6 Å². The highest BCUT2D eigenvalue weighted by Gasteiger charge is 2.14. The monoisotopic (exact) mass is 333 g/mol. The van der Waals surface area contributed by atoms with Gasteiger partial charge in [0.2, 0.25) is 5.88 Å². The summed E-state index contributed by atoms with van der Waals surface area (Å²) in [5.41, 5.74) is 0.837. The molecule has 20 heavy (non-hydrogen) atoms. The molecule has 0 N–H and O–H groups in total. The van der Waals surface area contributed by atoms with Gasteiger partial charge in [0.15, 0.2) is 5.75 Å². The van der Waals surface area contributed by atoms with Crippen LogP contribution in [-0.4, -0.2) is 9.91 Å². The standard InChI is InChI=1S/C13H8BrN3O3/c1-8-2-3-9(7-15)13(16-8)20-12-6-10(17(18)19)4-5-11(12)14/h2-6H,1H3. The summed E-state index contributed by atoms with van der Waals surface area (Å²) in [4.78, 5) is 14.4. The molecule has 7 heteroatoms. The van der Waals surface area contributed by atoms with Gasteiger partial charge in [-0.1, -0.05) is 0 Å². The summed E-state index contributed by atoms with van der Waals surface area (Å²) >= 11 is 3.24. The Hall–Kier alpha value is -2.46. The number of ether oxygens (including phenoxy) is 1. The average molecular weight is 334 g/mol. The Morgan fingerprint density at radius 3 is 2.80 bits per heavy atom. The Labute approximate surface area is 122 Å². The zero-order valence-electron chi connectivity index (χ0n) is 10.3. The van der Waals surface area contributed by atoms with E-state index in [9.17, 15) is 10.1 Å². The maximum Gasteiger partial charge on any atom is 0.273 e. The number of hydrogen-bond acceptors (Lipinski definition) is 5. The number of aromatic nitrogens is 1. The fourth-order valence-corrected chi connectivity index (χ4v) is 1.81. The third kappa shape index (κ3) is 2.92. The molecule has 0 saturated carbocycles. The summed E-state index contributed by atoms with van der Waals surface area (Å²) in [6, 6.07) is 9.37. The lowest BCUT2D eigenvalue weighted by atomic mass is 10.2. The lowest BCUT2D eigenvalue weighted by Gasteiger charge is -2.08. The molecule has 1 aromatic heterocycles. The molecule has 100 valence electrons. The van der Waals surface area contributed by atoms with E-state index in [0.29, 0.717) is 10.2 Å². The van der Waals surface area contributed by atoms with Gasteiger partial charge in [0.05, 0.1) is 15.5 Å². The molecule has 6 nitrogen and oxygen atoms in total. The first-order valence-electron chi connectivity index (χ1n) is 5.51. The van der Waals surface area contributed by atoms with E-state index < -0.39 is 4.92 Å². The minimum atomic E-state index is -0.520. The number of hydrogen-bond donors (Lipinski definition) is 0. The minimum absolute atomic E-state index is 0.102. The molecule has 0 saturated heterocycles. The predicted molar refractivity (Wildman–Crippen MR) is 74.6 cm³/mol. The summed E-state index contributed by atoms with van der Waals surface area (Å²) in [6.07, 6.45) is 0. The predicted octanol–water partition coefficient (Wildman–Crippen LogP) is 3.72. The van der Waals surface area contributed by atoms with E-state index in [4.69, 9.17) is 10.00 Å². The summed E-state index contributed by atoms with van der Waals surface area (Å²) < 4.78 is 6.06. The molecule has 0 bridgehead atoms. The van der Waals surface area contributed by atoms with Crippen molar-refractivity contribution >= 4 is 21.6 Å². The summed E-state index contributed by atoms with van der Waals surface area (Å²) in [5.74, 6) is 0.350. The highest BCUT2D eigenvalue weighted by molar-refractivity contribution is 9.10. The van der Waals surface area contributed by atoms with Crippen LogP contribution < -0.4 is 4.74 Å². The van der Waals surface area contributed by atoms with Crippen molar-refractivity contribution in [2.75, 3.05) is 0 Å². The van der Waals surface area contributed by atoms with Crippen LogP contribution in [0.2, 0.25) is 0 Å². The smallest absolute Gasteiger partial charge is 0.273 e. The number of nitriles is 1. The second-order valence-electron chi connectivity index (χ2n) is 3.89. The molecule has 0 aliphatic heterocycles. The number of nitrogens with zero attached hydrogens (tertiary/aromatic N) is 3. The van der Waals surface area contributed by atoms with Crippen molar-refractivity contribution in [2.45, 2.75) is 6.92 Å². The van der Waals surface area contributed by atoms with Crippen LogP contribution in [0.25, 0.3) is 0 Å². The average Bonchev–Trinajstić information content (AvgIpc) is 2.41. The molecule has 1 aromatic carbocycles. The van der Waals surface area contributed by atoms with Crippen LogP contribution in [0.15, 0.2) is 34.8 Å². The number of halogens is 1. The van der Waals surface area contributed by atoms with Gasteiger partial charge in [-0.25, -0.2) is 4.98 Å². The van der Waals surface area contributed by atoms with E-state index in [1.807, 2.05) is 6.07 Å². The number of non-ortho nitro benzene ring substituents is 1. The van der Waals surface area contributed by atoms with Crippen LogP contribution in [0.3, 0.4) is 0 Å².